The lowest BCUT2D eigenvalue weighted by molar-refractivity contribution is -0.135. The number of carbonyl (C=O) groups is 1. The quantitative estimate of drug-likeness (QED) is 0.785. The third kappa shape index (κ3) is 3.51. The molecule has 6 nitrogen and oxygen atoms in total. The van der Waals surface area contributed by atoms with Crippen molar-refractivity contribution in [1.82, 2.24) is 14.5 Å². The fraction of sp³-hybridized carbons (Fsp3) is 0.923. The molecular weight excluding hydrogens is 278 g/mol. The first-order chi connectivity index (χ1) is 9.43. The maximum Gasteiger partial charge on any atom is 0.241 e. The summed E-state index contributed by atoms with van der Waals surface area (Å²) in [6, 6.07) is -0.480. The van der Waals surface area contributed by atoms with Crippen molar-refractivity contribution in [2.24, 2.45) is 5.92 Å². The molecule has 2 aliphatic rings. The second-order valence-electron chi connectivity index (χ2n) is 5.88. The molecule has 0 aromatic rings. The third-order valence-electron chi connectivity index (χ3n) is 4.26. The molecule has 2 heterocycles. The average molecular weight is 303 g/mol. The number of hydrogen-bond donors (Lipinski definition) is 1. The van der Waals surface area contributed by atoms with Gasteiger partial charge in [0.15, 0.2) is 0 Å². The Morgan fingerprint density at radius 3 is 2.65 bits per heavy atom. The number of rotatable bonds is 4. The van der Waals surface area contributed by atoms with Gasteiger partial charge in [0, 0.05) is 19.6 Å². The molecule has 0 saturated carbocycles. The van der Waals surface area contributed by atoms with Crippen molar-refractivity contribution in [2.45, 2.75) is 31.7 Å². The predicted molar refractivity (Wildman–Crippen MR) is 77.8 cm³/mol. The molecule has 0 aromatic heterocycles. The van der Waals surface area contributed by atoms with Crippen LogP contribution in [0.1, 0.15) is 25.7 Å². The van der Waals surface area contributed by atoms with E-state index in [0.29, 0.717) is 18.9 Å². The first-order valence-electron chi connectivity index (χ1n) is 7.33. The SMILES string of the molecule is CNCC1CCN(C(=O)C2CCCCN2S(C)(=O)=O)C1. The molecule has 2 saturated heterocycles. The fourth-order valence-electron chi connectivity index (χ4n) is 3.25. The van der Waals surface area contributed by atoms with Crippen LogP contribution in [0.25, 0.3) is 0 Å². The van der Waals surface area contributed by atoms with Crippen molar-refractivity contribution < 1.29 is 13.2 Å². The van der Waals surface area contributed by atoms with Gasteiger partial charge in [0.05, 0.1) is 6.26 Å². The van der Waals surface area contributed by atoms with E-state index >= 15 is 0 Å². The van der Waals surface area contributed by atoms with E-state index in [2.05, 4.69) is 5.32 Å². The molecule has 0 aliphatic carbocycles. The number of amides is 1. The lowest BCUT2D eigenvalue weighted by Crippen LogP contribution is -2.52. The summed E-state index contributed by atoms with van der Waals surface area (Å²) in [5.74, 6) is 0.480. The summed E-state index contributed by atoms with van der Waals surface area (Å²) >= 11 is 0. The van der Waals surface area contributed by atoms with Gasteiger partial charge in [0.25, 0.3) is 0 Å². The number of hydrogen-bond acceptors (Lipinski definition) is 4. The van der Waals surface area contributed by atoms with Gasteiger partial charge in [-0.1, -0.05) is 6.42 Å². The van der Waals surface area contributed by atoms with Gasteiger partial charge in [-0.05, 0) is 38.8 Å². The molecule has 20 heavy (non-hydrogen) atoms. The number of carbonyl (C=O) groups excluding carboxylic acids is 1. The summed E-state index contributed by atoms with van der Waals surface area (Å²) in [5.41, 5.74) is 0. The average Bonchev–Trinajstić information content (AvgIpc) is 2.86. The van der Waals surface area contributed by atoms with E-state index in [-0.39, 0.29) is 5.91 Å². The van der Waals surface area contributed by atoms with E-state index in [1.807, 2.05) is 11.9 Å². The number of sulfonamides is 1. The minimum absolute atomic E-state index is 0.00581. The van der Waals surface area contributed by atoms with Gasteiger partial charge in [-0.15, -0.1) is 0 Å². The van der Waals surface area contributed by atoms with Gasteiger partial charge in [-0.2, -0.15) is 4.31 Å². The van der Waals surface area contributed by atoms with Gasteiger partial charge in [0.2, 0.25) is 15.9 Å². The summed E-state index contributed by atoms with van der Waals surface area (Å²) in [5, 5.41) is 3.14. The Morgan fingerprint density at radius 1 is 1.25 bits per heavy atom. The van der Waals surface area contributed by atoms with Crippen molar-refractivity contribution in [3.63, 3.8) is 0 Å². The van der Waals surface area contributed by atoms with Crippen LogP contribution in [0.5, 0.6) is 0 Å². The summed E-state index contributed by atoms with van der Waals surface area (Å²) < 4.78 is 25.0. The van der Waals surface area contributed by atoms with Crippen LogP contribution in [0.2, 0.25) is 0 Å². The van der Waals surface area contributed by atoms with Crippen LogP contribution < -0.4 is 5.32 Å². The lowest BCUT2D eigenvalue weighted by Gasteiger charge is -2.35. The Balaban J connectivity index is 2.04. The van der Waals surface area contributed by atoms with Crippen molar-refractivity contribution in [3.8, 4) is 0 Å². The Labute approximate surface area is 121 Å². The molecule has 7 heteroatoms. The molecule has 116 valence electrons. The largest absolute Gasteiger partial charge is 0.341 e. The van der Waals surface area contributed by atoms with Crippen molar-refractivity contribution in [3.05, 3.63) is 0 Å². The zero-order chi connectivity index (χ0) is 14.8. The highest BCUT2D eigenvalue weighted by atomic mass is 32.2. The number of likely N-dealkylation sites (tertiary alicyclic amines) is 1. The highest BCUT2D eigenvalue weighted by molar-refractivity contribution is 7.88. The van der Waals surface area contributed by atoms with Gasteiger partial charge in [-0.25, -0.2) is 8.42 Å². The van der Waals surface area contributed by atoms with Gasteiger partial charge in [0.1, 0.15) is 6.04 Å². The van der Waals surface area contributed by atoms with Crippen LogP contribution >= 0.6 is 0 Å². The van der Waals surface area contributed by atoms with Crippen LogP contribution in [0.15, 0.2) is 0 Å². The zero-order valence-electron chi connectivity index (χ0n) is 12.3. The van der Waals surface area contributed by atoms with E-state index in [1.165, 1.54) is 10.6 Å². The number of nitrogens with zero attached hydrogens (tertiary/aromatic N) is 2. The van der Waals surface area contributed by atoms with Crippen LogP contribution in [-0.2, 0) is 14.8 Å². The monoisotopic (exact) mass is 303 g/mol. The van der Waals surface area contributed by atoms with Crippen LogP contribution in [-0.4, -0.2) is 69.1 Å². The highest BCUT2D eigenvalue weighted by Gasteiger charge is 2.38. The Bertz CT molecular complexity index is 452. The molecule has 2 aliphatic heterocycles. The topological polar surface area (TPSA) is 69.7 Å². The minimum atomic E-state index is -3.30. The maximum absolute atomic E-state index is 12.6. The van der Waals surface area contributed by atoms with E-state index in [1.54, 1.807) is 0 Å². The predicted octanol–water partition coefficient (Wildman–Crippen LogP) is -0.132. The van der Waals surface area contributed by atoms with E-state index < -0.39 is 16.1 Å². The standard InChI is InChI=1S/C13H25N3O3S/c1-14-9-11-6-8-15(10-11)13(17)12-5-3-4-7-16(12)20(2,18)19/h11-12,14H,3-10H2,1-2H3. The normalized spacial score (nSPS) is 28.8. The van der Waals surface area contributed by atoms with E-state index in [9.17, 15) is 13.2 Å². The maximum atomic E-state index is 12.6. The smallest absolute Gasteiger partial charge is 0.241 e. The van der Waals surface area contributed by atoms with Crippen LogP contribution in [0.3, 0.4) is 0 Å². The molecule has 0 aromatic carbocycles. The Morgan fingerprint density at radius 2 is 2.00 bits per heavy atom. The number of piperidine rings is 1. The van der Waals surface area contributed by atoms with Crippen molar-refractivity contribution >= 4 is 15.9 Å². The third-order valence-corrected chi connectivity index (χ3v) is 5.54. The van der Waals surface area contributed by atoms with Crippen molar-refractivity contribution in [1.29, 1.82) is 0 Å². The molecule has 0 radical (unpaired) electrons. The zero-order valence-corrected chi connectivity index (χ0v) is 13.2. The van der Waals surface area contributed by atoms with Crippen LogP contribution in [0.4, 0.5) is 0 Å². The fourth-order valence-corrected chi connectivity index (χ4v) is 4.37. The molecular formula is C13H25N3O3S. The Kier molecular flexibility index (Phi) is 5.04. The van der Waals surface area contributed by atoms with Gasteiger partial charge >= 0.3 is 0 Å². The summed E-state index contributed by atoms with van der Waals surface area (Å²) in [7, 11) is -1.39. The second-order valence-corrected chi connectivity index (χ2v) is 7.82. The Hall–Kier alpha value is -0.660. The second kappa shape index (κ2) is 6.41. The molecule has 2 unspecified atom stereocenters. The molecule has 2 rings (SSSR count). The molecule has 2 fully saturated rings. The highest BCUT2D eigenvalue weighted by Crippen LogP contribution is 2.24. The summed E-state index contributed by atoms with van der Waals surface area (Å²) in [6.45, 7) is 2.88. The molecule has 1 N–H and O–H groups in total. The number of nitrogens with one attached hydrogen (secondary N) is 1. The molecule has 2 atom stereocenters. The van der Waals surface area contributed by atoms with E-state index in [4.69, 9.17) is 0 Å². The van der Waals surface area contributed by atoms with Crippen molar-refractivity contribution in [2.75, 3.05) is 39.5 Å². The van der Waals surface area contributed by atoms with Crippen LogP contribution in [0, 0.1) is 5.92 Å². The summed E-state index contributed by atoms with van der Waals surface area (Å²) in [6.07, 6.45) is 4.62. The lowest BCUT2D eigenvalue weighted by atomic mass is 10.0. The summed E-state index contributed by atoms with van der Waals surface area (Å²) in [4.78, 5) is 14.5. The molecule has 1 amide bonds. The minimum Gasteiger partial charge on any atom is -0.341 e. The first kappa shape index (κ1) is 15.7. The first-order valence-corrected chi connectivity index (χ1v) is 9.18. The molecule has 0 bridgehead atoms. The van der Waals surface area contributed by atoms with Gasteiger partial charge in [-0.3, -0.25) is 4.79 Å². The van der Waals surface area contributed by atoms with E-state index in [0.717, 1.165) is 38.9 Å². The molecule has 0 spiro atoms. The van der Waals surface area contributed by atoms with Gasteiger partial charge < -0.3 is 10.2 Å².